The lowest BCUT2D eigenvalue weighted by atomic mass is 10.1. The van der Waals surface area contributed by atoms with Gasteiger partial charge in [-0.3, -0.25) is 9.59 Å². The molecule has 1 N–H and O–H groups in total. The van der Waals surface area contributed by atoms with E-state index in [2.05, 4.69) is 15.9 Å². The van der Waals surface area contributed by atoms with Gasteiger partial charge in [-0.15, -0.1) is 0 Å². The Hall–Kier alpha value is -2.60. The van der Waals surface area contributed by atoms with Gasteiger partial charge in [-0.25, -0.2) is 0 Å². The van der Waals surface area contributed by atoms with Crippen molar-refractivity contribution in [3.63, 3.8) is 0 Å². The highest BCUT2D eigenvalue weighted by atomic mass is 79.9. The number of hydrogen-bond acceptors (Lipinski definition) is 4. The third kappa shape index (κ3) is 3.80. The van der Waals surface area contributed by atoms with Crippen LogP contribution in [0, 0.1) is 0 Å². The van der Waals surface area contributed by atoms with Crippen molar-refractivity contribution in [1.82, 2.24) is 0 Å². The molecule has 1 aliphatic heterocycles. The number of carbonyl (C=O) groups excluding carboxylic acids is 2. The van der Waals surface area contributed by atoms with Crippen LogP contribution in [0.3, 0.4) is 0 Å². The molecule has 0 spiro atoms. The van der Waals surface area contributed by atoms with E-state index < -0.39 is 0 Å². The smallest absolute Gasteiger partial charge is 0.227 e. The van der Waals surface area contributed by atoms with Gasteiger partial charge in [0.05, 0.1) is 11.6 Å². The molecule has 1 fully saturated rings. The van der Waals surface area contributed by atoms with E-state index in [1.54, 1.807) is 41.3 Å². The van der Waals surface area contributed by atoms with Gasteiger partial charge in [0, 0.05) is 24.2 Å². The molecule has 5 nitrogen and oxygen atoms in total. The quantitative estimate of drug-likeness (QED) is 0.587. The molecule has 1 aliphatic rings. The fourth-order valence-corrected chi connectivity index (χ4v) is 3.32. The summed E-state index contributed by atoms with van der Waals surface area (Å²) < 4.78 is 5.59. The molecule has 134 valence electrons. The lowest BCUT2D eigenvalue weighted by Crippen LogP contribution is -2.23. The Morgan fingerprint density at radius 1 is 1.31 bits per heavy atom. The fraction of sp³-hybridized carbons (Fsp3) is 0.200. The summed E-state index contributed by atoms with van der Waals surface area (Å²) >= 11 is 3.26. The van der Waals surface area contributed by atoms with Crippen molar-refractivity contribution in [2.75, 3.05) is 18.6 Å². The van der Waals surface area contributed by atoms with Crippen LogP contribution in [0.25, 0.3) is 6.08 Å². The molecule has 2 aromatic carbocycles. The number of ether oxygens (including phenoxy) is 1. The highest BCUT2D eigenvalue weighted by molar-refractivity contribution is 9.10. The summed E-state index contributed by atoms with van der Waals surface area (Å²) in [6, 6.07) is 10.4. The second-order valence-electron chi connectivity index (χ2n) is 5.95. The Balaban J connectivity index is 1.81. The van der Waals surface area contributed by atoms with Crippen molar-refractivity contribution >= 4 is 39.4 Å². The maximum Gasteiger partial charge on any atom is 0.227 e. The summed E-state index contributed by atoms with van der Waals surface area (Å²) in [6.45, 7) is 0.688. The minimum absolute atomic E-state index is 0.0129. The number of nitrogens with zero attached hydrogens (tertiary/aromatic N) is 1. The number of allylic oxidation sites excluding steroid dienone is 1. The first-order valence-electron chi connectivity index (χ1n) is 8.19. The molecule has 0 saturated carbocycles. The molecule has 1 saturated heterocycles. The van der Waals surface area contributed by atoms with Gasteiger partial charge in [0.2, 0.25) is 5.91 Å². The first-order chi connectivity index (χ1) is 12.5. The summed E-state index contributed by atoms with van der Waals surface area (Å²) in [5.41, 5.74) is 1.98. The van der Waals surface area contributed by atoms with Gasteiger partial charge in [0.25, 0.3) is 0 Å². The summed E-state index contributed by atoms with van der Waals surface area (Å²) in [5, 5.41) is 9.84. The molecule has 1 amide bonds. The number of methoxy groups -OCH3 is 1. The van der Waals surface area contributed by atoms with Crippen molar-refractivity contribution in [1.29, 1.82) is 0 Å². The van der Waals surface area contributed by atoms with E-state index in [0.29, 0.717) is 34.3 Å². The molecule has 0 atom stereocenters. The maximum absolute atomic E-state index is 12.5. The first kappa shape index (κ1) is 18.2. The van der Waals surface area contributed by atoms with Crippen molar-refractivity contribution < 1.29 is 19.4 Å². The van der Waals surface area contributed by atoms with E-state index in [9.17, 15) is 14.7 Å². The van der Waals surface area contributed by atoms with Crippen LogP contribution in [-0.2, 0) is 4.79 Å². The number of benzene rings is 2. The maximum atomic E-state index is 12.5. The van der Waals surface area contributed by atoms with Gasteiger partial charge in [0.15, 0.2) is 17.3 Å². The Bertz CT molecular complexity index is 891. The van der Waals surface area contributed by atoms with Crippen molar-refractivity contribution in [3.8, 4) is 11.5 Å². The van der Waals surface area contributed by atoms with E-state index in [-0.39, 0.29) is 17.4 Å². The number of aromatic hydroxyl groups is 1. The number of carbonyl (C=O) groups is 2. The van der Waals surface area contributed by atoms with Gasteiger partial charge in [-0.1, -0.05) is 18.2 Å². The molecule has 3 rings (SSSR count). The van der Waals surface area contributed by atoms with E-state index in [4.69, 9.17) is 4.74 Å². The van der Waals surface area contributed by atoms with Gasteiger partial charge < -0.3 is 14.7 Å². The van der Waals surface area contributed by atoms with Crippen LogP contribution in [-0.4, -0.2) is 30.5 Å². The second kappa shape index (κ2) is 7.74. The Morgan fingerprint density at radius 2 is 2.12 bits per heavy atom. The Labute approximate surface area is 160 Å². The van der Waals surface area contributed by atoms with Crippen molar-refractivity contribution in [2.24, 2.45) is 0 Å². The standard InChI is InChI=1S/C20H18BrNO4/c1-26-18-11-13(10-16(21)20(18)25)7-8-17(23)14-4-2-5-15(12-14)22-9-3-6-19(22)24/h2,4-5,7-8,10-12,25H,3,6,9H2,1H3/b8-7+. The third-order valence-corrected chi connectivity index (χ3v) is 4.82. The lowest BCUT2D eigenvalue weighted by Gasteiger charge is -2.16. The molecular formula is C20H18BrNO4. The van der Waals surface area contributed by atoms with Gasteiger partial charge in [-0.2, -0.15) is 0 Å². The van der Waals surface area contributed by atoms with Crippen LogP contribution in [0.4, 0.5) is 5.69 Å². The molecule has 0 aromatic heterocycles. The monoisotopic (exact) mass is 415 g/mol. The van der Waals surface area contributed by atoms with Crippen LogP contribution in [0.5, 0.6) is 11.5 Å². The summed E-state index contributed by atoms with van der Waals surface area (Å²) in [5.74, 6) is 0.257. The Kier molecular flexibility index (Phi) is 5.42. The highest BCUT2D eigenvalue weighted by Crippen LogP contribution is 2.35. The zero-order valence-corrected chi connectivity index (χ0v) is 15.8. The second-order valence-corrected chi connectivity index (χ2v) is 6.80. The molecule has 1 heterocycles. The summed E-state index contributed by atoms with van der Waals surface area (Å²) in [6.07, 6.45) is 4.51. The van der Waals surface area contributed by atoms with E-state index in [1.165, 1.54) is 13.2 Å². The minimum Gasteiger partial charge on any atom is -0.503 e. The zero-order valence-electron chi connectivity index (χ0n) is 14.2. The number of halogens is 1. The average Bonchev–Trinajstić information content (AvgIpc) is 3.08. The number of phenolic OH excluding ortho intramolecular Hbond substituents is 1. The minimum atomic E-state index is -0.165. The van der Waals surface area contributed by atoms with E-state index in [1.807, 2.05) is 6.07 Å². The molecule has 26 heavy (non-hydrogen) atoms. The summed E-state index contributed by atoms with van der Waals surface area (Å²) in [4.78, 5) is 26.1. The SMILES string of the molecule is COc1cc(/C=C/C(=O)c2cccc(N3CCCC3=O)c2)cc(Br)c1O. The lowest BCUT2D eigenvalue weighted by molar-refractivity contribution is -0.117. The Morgan fingerprint density at radius 3 is 2.81 bits per heavy atom. The molecule has 6 heteroatoms. The number of rotatable bonds is 5. The number of anilines is 1. The fourth-order valence-electron chi connectivity index (χ4n) is 2.86. The van der Waals surface area contributed by atoms with Crippen LogP contribution < -0.4 is 9.64 Å². The molecular weight excluding hydrogens is 398 g/mol. The normalized spacial score (nSPS) is 14.2. The highest BCUT2D eigenvalue weighted by Gasteiger charge is 2.22. The number of amides is 1. The van der Waals surface area contributed by atoms with Gasteiger partial charge in [0.1, 0.15) is 0 Å². The van der Waals surface area contributed by atoms with Gasteiger partial charge >= 0.3 is 0 Å². The summed E-state index contributed by atoms with van der Waals surface area (Å²) in [7, 11) is 1.46. The van der Waals surface area contributed by atoms with Gasteiger partial charge in [-0.05, 0) is 58.3 Å². The molecule has 0 unspecified atom stereocenters. The average molecular weight is 416 g/mol. The molecule has 0 aliphatic carbocycles. The van der Waals surface area contributed by atoms with E-state index in [0.717, 1.165) is 12.1 Å². The topological polar surface area (TPSA) is 66.8 Å². The molecule has 2 aromatic rings. The largest absolute Gasteiger partial charge is 0.503 e. The van der Waals surface area contributed by atoms with Crippen LogP contribution in [0.15, 0.2) is 46.9 Å². The molecule has 0 bridgehead atoms. The predicted molar refractivity (Wildman–Crippen MR) is 104 cm³/mol. The first-order valence-corrected chi connectivity index (χ1v) is 8.98. The van der Waals surface area contributed by atoms with Crippen molar-refractivity contribution in [3.05, 3.63) is 58.1 Å². The van der Waals surface area contributed by atoms with Crippen molar-refractivity contribution in [2.45, 2.75) is 12.8 Å². The number of hydrogen-bond donors (Lipinski definition) is 1. The van der Waals surface area contributed by atoms with Crippen LogP contribution in [0.1, 0.15) is 28.8 Å². The predicted octanol–water partition coefficient (Wildman–Crippen LogP) is 4.19. The zero-order chi connectivity index (χ0) is 18.7. The number of phenols is 1. The van der Waals surface area contributed by atoms with E-state index >= 15 is 0 Å². The third-order valence-electron chi connectivity index (χ3n) is 4.21. The van der Waals surface area contributed by atoms with Crippen LogP contribution in [0.2, 0.25) is 0 Å². The number of ketones is 1. The van der Waals surface area contributed by atoms with Crippen LogP contribution >= 0.6 is 15.9 Å². The molecule has 0 radical (unpaired) electrons.